The first-order valence-electron chi connectivity index (χ1n) is 7.87. The van der Waals surface area contributed by atoms with Crippen LogP contribution in [-0.4, -0.2) is 47.1 Å². The van der Waals surface area contributed by atoms with Gasteiger partial charge in [-0.1, -0.05) is 6.08 Å². The topological polar surface area (TPSA) is 82.6 Å². The molecule has 0 aliphatic carbocycles. The molecule has 1 unspecified atom stereocenters. The summed E-state index contributed by atoms with van der Waals surface area (Å²) >= 11 is 0. The van der Waals surface area contributed by atoms with E-state index in [1.54, 1.807) is 12.0 Å². The molecule has 1 aliphatic rings. The maximum Gasteiger partial charge on any atom is 0.315 e. The van der Waals surface area contributed by atoms with E-state index in [2.05, 4.69) is 4.98 Å². The third-order valence-corrected chi connectivity index (χ3v) is 4.50. The van der Waals surface area contributed by atoms with Crippen molar-refractivity contribution in [3.8, 4) is 5.75 Å². The molecule has 1 aromatic heterocycles. The van der Waals surface area contributed by atoms with Gasteiger partial charge < -0.3 is 19.7 Å². The molecule has 1 aromatic carbocycles. The Bertz CT molecular complexity index is 822. The molecule has 2 heterocycles. The van der Waals surface area contributed by atoms with E-state index < -0.39 is 11.9 Å². The molecule has 0 radical (unpaired) electrons. The first kappa shape index (κ1) is 16.1. The number of hydrogen-bond acceptors (Lipinski definition) is 3. The van der Waals surface area contributed by atoms with E-state index >= 15 is 0 Å². The van der Waals surface area contributed by atoms with Gasteiger partial charge in [-0.25, -0.2) is 0 Å². The van der Waals surface area contributed by atoms with Crippen LogP contribution in [-0.2, 0) is 9.59 Å². The lowest BCUT2D eigenvalue weighted by Crippen LogP contribution is -2.40. The summed E-state index contributed by atoms with van der Waals surface area (Å²) in [6.07, 6.45) is 4.66. The first-order valence-corrected chi connectivity index (χ1v) is 7.87. The van der Waals surface area contributed by atoms with Gasteiger partial charge in [-0.15, -0.1) is 0 Å². The second kappa shape index (κ2) is 6.39. The number of amides is 1. The number of nitrogens with one attached hydrogen (secondary N) is 1. The molecule has 24 heavy (non-hydrogen) atoms. The Hall–Kier alpha value is -2.76. The largest absolute Gasteiger partial charge is 0.497 e. The second-order valence-electron chi connectivity index (χ2n) is 5.94. The van der Waals surface area contributed by atoms with Crippen LogP contribution >= 0.6 is 0 Å². The lowest BCUT2D eigenvalue weighted by atomic mass is 9.98. The Morgan fingerprint density at radius 2 is 2.17 bits per heavy atom. The molecule has 2 N–H and O–H groups in total. The van der Waals surface area contributed by atoms with Crippen LogP contribution in [0.4, 0.5) is 0 Å². The Morgan fingerprint density at radius 1 is 1.38 bits per heavy atom. The minimum atomic E-state index is -1.08. The number of benzene rings is 1. The minimum Gasteiger partial charge on any atom is -0.497 e. The van der Waals surface area contributed by atoms with E-state index in [9.17, 15) is 9.59 Å². The Labute approximate surface area is 139 Å². The zero-order valence-electron chi connectivity index (χ0n) is 13.7. The number of aromatic nitrogens is 1. The fraction of sp³-hybridized carbons (Fsp3) is 0.333. The molecule has 6 heteroatoms. The third-order valence-electron chi connectivity index (χ3n) is 4.50. The summed E-state index contributed by atoms with van der Waals surface area (Å²) in [5.41, 5.74) is 3.29. The molecular weight excluding hydrogens is 308 g/mol. The number of rotatable bonds is 4. The molecule has 1 atom stereocenters. The van der Waals surface area contributed by atoms with E-state index in [1.165, 1.54) is 6.92 Å². The van der Waals surface area contributed by atoms with Crippen molar-refractivity contribution in [3.05, 3.63) is 36.0 Å². The SMILES string of the molecule is COc1ccc2[nH]cc(C3=CCN(C(=O)C(C)C(=O)O)CC3)c2c1. The van der Waals surface area contributed by atoms with Gasteiger partial charge in [-0.2, -0.15) is 0 Å². The molecule has 6 nitrogen and oxygen atoms in total. The van der Waals surface area contributed by atoms with Gasteiger partial charge in [-0.05, 0) is 37.1 Å². The van der Waals surface area contributed by atoms with Crippen molar-refractivity contribution < 1.29 is 19.4 Å². The van der Waals surface area contributed by atoms with Gasteiger partial charge in [0.15, 0.2) is 0 Å². The van der Waals surface area contributed by atoms with Gasteiger partial charge in [0.25, 0.3) is 0 Å². The molecule has 0 saturated carbocycles. The Morgan fingerprint density at radius 3 is 2.79 bits per heavy atom. The maximum atomic E-state index is 12.1. The number of fused-ring (bicyclic) bond motifs is 1. The number of carbonyl (C=O) groups excluding carboxylic acids is 1. The smallest absolute Gasteiger partial charge is 0.315 e. The van der Waals surface area contributed by atoms with Crippen molar-refractivity contribution >= 4 is 28.4 Å². The zero-order chi connectivity index (χ0) is 17.3. The van der Waals surface area contributed by atoms with Crippen LogP contribution in [0.15, 0.2) is 30.5 Å². The van der Waals surface area contributed by atoms with Crippen LogP contribution in [0.2, 0.25) is 0 Å². The third kappa shape index (κ3) is 2.87. The highest BCUT2D eigenvalue weighted by Crippen LogP contribution is 2.31. The average Bonchev–Trinajstić information content (AvgIpc) is 3.03. The number of methoxy groups -OCH3 is 1. The molecule has 0 fully saturated rings. The minimum absolute atomic E-state index is 0.335. The van der Waals surface area contributed by atoms with Crippen LogP contribution in [0, 0.1) is 5.92 Å². The lowest BCUT2D eigenvalue weighted by Gasteiger charge is -2.27. The van der Waals surface area contributed by atoms with Crippen molar-refractivity contribution in [2.24, 2.45) is 5.92 Å². The number of carbonyl (C=O) groups is 2. The van der Waals surface area contributed by atoms with Crippen molar-refractivity contribution in [1.82, 2.24) is 9.88 Å². The van der Waals surface area contributed by atoms with Crippen molar-refractivity contribution in [1.29, 1.82) is 0 Å². The number of aromatic amines is 1. The van der Waals surface area contributed by atoms with Gasteiger partial charge in [0.1, 0.15) is 11.7 Å². The molecular formula is C18H20N2O4. The van der Waals surface area contributed by atoms with E-state index in [1.807, 2.05) is 30.5 Å². The van der Waals surface area contributed by atoms with E-state index in [0.717, 1.165) is 27.8 Å². The monoisotopic (exact) mass is 328 g/mol. The van der Waals surface area contributed by atoms with Gasteiger partial charge in [0.05, 0.1) is 7.11 Å². The van der Waals surface area contributed by atoms with Crippen LogP contribution < -0.4 is 4.74 Å². The van der Waals surface area contributed by atoms with E-state index in [4.69, 9.17) is 9.84 Å². The van der Waals surface area contributed by atoms with Gasteiger partial charge in [-0.3, -0.25) is 9.59 Å². The number of carboxylic acid groups (broad SMARTS) is 1. The Balaban J connectivity index is 1.83. The fourth-order valence-electron chi connectivity index (χ4n) is 2.99. The number of ether oxygens (including phenoxy) is 1. The quantitative estimate of drug-likeness (QED) is 0.845. The summed E-state index contributed by atoms with van der Waals surface area (Å²) in [7, 11) is 1.64. The number of hydrogen-bond donors (Lipinski definition) is 2. The van der Waals surface area contributed by atoms with E-state index in [-0.39, 0.29) is 5.91 Å². The molecule has 3 rings (SSSR count). The maximum absolute atomic E-state index is 12.1. The second-order valence-corrected chi connectivity index (χ2v) is 5.94. The fourth-order valence-corrected chi connectivity index (χ4v) is 2.99. The Kier molecular flexibility index (Phi) is 4.29. The predicted molar refractivity (Wildman–Crippen MR) is 90.8 cm³/mol. The van der Waals surface area contributed by atoms with Crippen LogP contribution in [0.5, 0.6) is 5.75 Å². The molecule has 1 aliphatic heterocycles. The summed E-state index contributed by atoms with van der Waals surface area (Å²) in [4.78, 5) is 27.9. The van der Waals surface area contributed by atoms with Crippen molar-refractivity contribution in [2.45, 2.75) is 13.3 Å². The summed E-state index contributed by atoms with van der Waals surface area (Å²) in [6, 6.07) is 5.88. The summed E-state index contributed by atoms with van der Waals surface area (Å²) in [6.45, 7) is 2.39. The van der Waals surface area contributed by atoms with Crippen molar-refractivity contribution in [2.75, 3.05) is 20.2 Å². The highest BCUT2D eigenvalue weighted by molar-refractivity contribution is 5.97. The summed E-state index contributed by atoms with van der Waals surface area (Å²) in [5, 5.41) is 10.1. The highest BCUT2D eigenvalue weighted by atomic mass is 16.5. The van der Waals surface area contributed by atoms with Crippen LogP contribution in [0.3, 0.4) is 0 Å². The van der Waals surface area contributed by atoms with Crippen LogP contribution in [0.1, 0.15) is 18.9 Å². The zero-order valence-corrected chi connectivity index (χ0v) is 13.7. The molecule has 126 valence electrons. The average molecular weight is 328 g/mol. The van der Waals surface area contributed by atoms with Gasteiger partial charge in [0.2, 0.25) is 5.91 Å². The standard InChI is InChI=1S/C18H20N2O4/c1-11(18(22)23)17(21)20-7-5-12(6-8-20)15-10-19-16-4-3-13(24-2)9-14(15)16/h3-5,9-11,19H,6-8H2,1-2H3,(H,22,23). The van der Waals surface area contributed by atoms with Crippen molar-refractivity contribution in [3.63, 3.8) is 0 Å². The molecule has 1 amide bonds. The van der Waals surface area contributed by atoms with Gasteiger partial charge >= 0.3 is 5.97 Å². The molecule has 0 saturated heterocycles. The van der Waals surface area contributed by atoms with E-state index in [0.29, 0.717) is 19.5 Å². The number of nitrogens with zero attached hydrogens (tertiary/aromatic N) is 1. The predicted octanol–water partition coefficient (Wildman–Crippen LogP) is 2.51. The summed E-state index contributed by atoms with van der Waals surface area (Å²) in [5.74, 6) is -1.62. The number of carboxylic acids is 1. The lowest BCUT2D eigenvalue weighted by molar-refractivity contribution is -0.150. The summed E-state index contributed by atoms with van der Waals surface area (Å²) < 4.78 is 5.29. The van der Waals surface area contributed by atoms with Crippen LogP contribution in [0.25, 0.3) is 16.5 Å². The van der Waals surface area contributed by atoms with Gasteiger partial charge in [0, 0.05) is 35.8 Å². The number of aliphatic carboxylic acids is 1. The molecule has 2 aromatic rings. The molecule has 0 spiro atoms. The molecule has 0 bridgehead atoms. The number of H-pyrrole nitrogens is 1. The first-order chi connectivity index (χ1) is 11.5. The normalized spacial score (nSPS) is 15.9. The highest BCUT2D eigenvalue weighted by Gasteiger charge is 2.27.